The van der Waals surface area contributed by atoms with Crippen molar-refractivity contribution in [1.29, 1.82) is 0 Å². The molecule has 0 aliphatic heterocycles. The zero-order valence-corrected chi connectivity index (χ0v) is 10.3. The van der Waals surface area contributed by atoms with Crippen LogP contribution in [0, 0.1) is 0 Å². The van der Waals surface area contributed by atoms with Crippen LogP contribution in [0.3, 0.4) is 0 Å². The molecule has 1 aliphatic rings. The third-order valence-electron chi connectivity index (χ3n) is 3.62. The summed E-state index contributed by atoms with van der Waals surface area (Å²) in [4.78, 5) is 17.0. The molecular formula is C13H15N3O3. The Balaban J connectivity index is 1.85. The first-order valence-corrected chi connectivity index (χ1v) is 6.23. The number of aliphatic hydroxyl groups is 1. The number of fused-ring (bicyclic) bond motifs is 1. The van der Waals surface area contributed by atoms with Crippen LogP contribution in [0.2, 0.25) is 0 Å². The topological polar surface area (TPSA) is 78.1 Å². The lowest BCUT2D eigenvalue weighted by Gasteiger charge is -2.39. The van der Waals surface area contributed by atoms with Crippen molar-refractivity contribution in [1.82, 2.24) is 14.3 Å². The number of aliphatic hydroxyl groups excluding tert-OH is 1. The molecule has 1 saturated carbocycles. The average Bonchev–Trinajstić information content (AvgIpc) is 2.81. The number of aromatic nitrogens is 2. The molecule has 3 rings (SSSR count). The summed E-state index contributed by atoms with van der Waals surface area (Å²) in [6.07, 6.45) is 5.12. The van der Waals surface area contributed by atoms with Crippen molar-refractivity contribution < 1.29 is 15.0 Å². The maximum absolute atomic E-state index is 11.3. The zero-order chi connectivity index (χ0) is 13.4. The molecule has 0 radical (unpaired) electrons. The Morgan fingerprint density at radius 3 is 2.95 bits per heavy atom. The first-order chi connectivity index (χ1) is 9.15. The second kappa shape index (κ2) is 4.55. The number of hydrogen-bond donors (Lipinski definition) is 2. The highest BCUT2D eigenvalue weighted by Gasteiger charge is 2.35. The summed E-state index contributed by atoms with van der Waals surface area (Å²) in [6, 6.07) is 3.66. The minimum Gasteiger partial charge on any atom is -0.465 e. The molecule has 100 valence electrons. The predicted molar refractivity (Wildman–Crippen MR) is 67.8 cm³/mol. The van der Waals surface area contributed by atoms with Crippen LogP contribution in [-0.2, 0) is 6.54 Å². The van der Waals surface area contributed by atoms with Crippen molar-refractivity contribution >= 4 is 11.7 Å². The Morgan fingerprint density at radius 1 is 1.47 bits per heavy atom. The van der Waals surface area contributed by atoms with Gasteiger partial charge in [-0.3, -0.25) is 0 Å². The van der Waals surface area contributed by atoms with E-state index in [0.29, 0.717) is 19.4 Å². The van der Waals surface area contributed by atoms with Crippen LogP contribution in [0.4, 0.5) is 4.79 Å². The summed E-state index contributed by atoms with van der Waals surface area (Å²) in [5.41, 5.74) is 1.64. The van der Waals surface area contributed by atoms with Gasteiger partial charge in [0.2, 0.25) is 0 Å². The number of imidazole rings is 1. The van der Waals surface area contributed by atoms with Crippen molar-refractivity contribution in [3.05, 3.63) is 36.3 Å². The SMILES string of the molecule is O=C(O)N(Cc1cccn2ccnc12)[C@H]1C[C@@H](O)C1. The standard InChI is InChI=1S/C13H15N3O3/c17-11-6-10(7-11)16(13(18)19)8-9-2-1-4-15-5-3-14-12(9)15/h1-5,10-11,17H,6-8H2,(H,18,19)/t10-,11+. The molecule has 0 unspecified atom stereocenters. The Labute approximate surface area is 109 Å². The maximum Gasteiger partial charge on any atom is 0.407 e. The van der Waals surface area contributed by atoms with Crippen molar-refractivity contribution in [2.24, 2.45) is 0 Å². The monoisotopic (exact) mass is 261 g/mol. The fourth-order valence-electron chi connectivity index (χ4n) is 2.48. The molecule has 1 fully saturated rings. The largest absolute Gasteiger partial charge is 0.465 e. The van der Waals surface area contributed by atoms with Gasteiger partial charge in [-0.2, -0.15) is 0 Å². The number of hydrogen-bond acceptors (Lipinski definition) is 3. The van der Waals surface area contributed by atoms with Crippen LogP contribution in [0.25, 0.3) is 5.65 Å². The fraction of sp³-hybridized carbons (Fsp3) is 0.385. The van der Waals surface area contributed by atoms with E-state index in [1.807, 2.05) is 28.9 Å². The van der Waals surface area contributed by atoms with E-state index in [4.69, 9.17) is 0 Å². The quantitative estimate of drug-likeness (QED) is 0.874. The summed E-state index contributed by atoms with van der Waals surface area (Å²) < 4.78 is 1.87. The minimum atomic E-state index is -0.953. The van der Waals surface area contributed by atoms with Gasteiger partial charge in [0.25, 0.3) is 0 Å². The third kappa shape index (κ3) is 2.15. The van der Waals surface area contributed by atoms with E-state index in [1.54, 1.807) is 6.20 Å². The molecule has 1 aliphatic carbocycles. The average molecular weight is 261 g/mol. The van der Waals surface area contributed by atoms with Crippen molar-refractivity contribution in [2.75, 3.05) is 0 Å². The molecule has 6 nitrogen and oxygen atoms in total. The molecule has 1 amide bonds. The Kier molecular flexibility index (Phi) is 2.87. The van der Waals surface area contributed by atoms with Crippen LogP contribution in [-0.4, -0.2) is 42.7 Å². The van der Waals surface area contributed by atoms with Gasteiger partial charge in [0, 0.05) is 30.2 Å². The zero-order valence-electron chi connectivity index (χ0n) is 10.3. The molecule has 0 saturated heterocycles. The molecule has 2 aromatic rings. The van der Waals surface area contributed by atoms with E-state index in [1.165, 1.54) is 4.90 Å². The number of rotatable bonds is 3. The van der Waals surface area contributed by atoms with Crippen LogP contribution in [0.5, 0.6) is 0 Å². The Bertz CT molecular complexity index is 604. The molecule has 19 heavy (non-hydrogen) atoms. The maximum atomic E-state index is 11.3. The number of pyridine rings is 1. The lowest BCUT2D eigenvalue weighted by molar-refractivity contribution is 0.00440. The van der Waals surface area contributed by atoms with Crippen LogP contribution >= 0.6 is 0 Å². The molecule has 0 bridgehead atoms. The van der Waals surface area contributed by atoms with Gasteiger partial charge in [-0.1, -0.05) is 6.07 Å². The lowest BCUT2D eigenvalue weighted by atomic mass is 9.88. The molecule has 0 atom stereocenters. The first kappa shape index (κ1) is 12.0. The van der Waals surface area contributed by atoms with Gasteiger partial charge in [-0.15, -0.1) is 0 Å². The summed E-state index contributed by atoms with van der Waals surface area (Å²) >= 11 is 0. The number of carbonyl (C=O) groups is 1. The van der Waals surface area contributed by atoms with Crippen molar-refractivity contribution in [2.45, 2.75) is 31.5 Å². The molecule has 2 N–H and O–H groups in total. The van der Waals surface area contributed by atoms with Gasteiger partial charge < -0.3 is 19.5 Å². The third-order valence-corrected chi connectivity index (χ3v) is 3.62. The normalized spacial score (nSPS) is 22.2. The van der Waals surface area contributed by atoms with Gasteiger partial charge in [0.15, 0.2) is 0 Å². The summed E-state index contributed by atoms with van der Waals surface area (Å²) in [5, 5.41) is 18.6. The highest BCUT2D eigenvalue weighted by atomic mass is 16.4. The van der Waals surface area contributed by atoms with Gasteiger partial charge in [0.1, 0.15) is 5.65 Å². The molecular weight excluding hydrogens is 246 g/mol. The highest BCUT2D eigenvalue weighted by Crippen LogP contribution is 2.27. The lowest BCUT2D eigenvalue weighted by Crippen LogP contribution is -2.49. The summed E-state index contributed by atoms with van der Waals surface area (Å²) in [7, 11) is 0. The smallest absolute Gasteiger partial charge is 0.407 e. The number of amides is 1. The summed E-state index contributed by atoms with van der Waals surface area (Å²) in [6.45, 7) is 0.300. The Hall–Kier alpha value is -2.08. The van der Waals surface area contributed by atoms with E-state index in [9.17, 15) is 15.0 Å². The molecule has 2 aromatic heterocycles. The van der Waals surface area contributed by atoms with E-state index >= 15 is 0 Å². The predicted octanol–water partition coefficient (Wildman–Crippen LogP) is 1.34. The van der Waals surface area contributed by atoms with Crippen LogP contribution in [0.15, 0.2) is 30.7 Å². The van der Waals surface area contributed by atoms with Gasteiger partial charge in [0.05, 0.1) is 12.6 Å². The Morgan fingerprint density at radius 2 is 2.26 bits per heavy atom. The number of carboxylic acid groups (broad SMARTS) is 1. The van der Waals surface area contributed by atoms with E-state index in [-0.39, 0.29) is 12.1 Å². The fourth-order valence-corrected chi connectivity index (χ4v) is 2.48. The number of nitrogens with zero attached hydrogens (tertiary/aromatic N) is 3. The minimum absolute atomic E-state index is 0.0947. The summed E-state index contributed by atoms with van der Waals surface area (Å²) in [5.74, 6) is 0. The van der Waals surface area contributed by atoms with Crippen LogP contribution in [0.1, 0.15) is 18.4 Å². The molecule has 6 heteroatoms. The van der Waals surface area contributed by atoms with Crippen LogP contribution < -0.4 is 0 Å². The second-order valence-electron chi connectivity index (χ2n) is 4.88. The van der Waals surface area contributed by atoms with Gasteiger partial charge in [-0.05, 0) is 18.9 Å². The second-order valence-corrected chi connectivity index (χ2v) is 4.88. The van der Waals surface area contributed by atoms with E-state index < -0.39 is 6.09 Å². The van der Waals surface area contributed by atoms with Gasteiger partial charge in [-0.25, -0.2) is 9.78 Å². The van der Waals surface area contributed by atoms with E-state index in [2.05, 4.69) is 4.98 Å². The van der Waals surface area contributed by atoms with Gasteiger partial charge >= 0.3 is 6.09 Å². The molecule has 2 heterocycles. The van der Waals surface area contributed by atoms with E-state index in [0.717, 1.165) is 11.2 Å². The molecule has 0 aromatic carbocycles. The van der Waals surface area contributed by atoms with Crippen molar-refractivity contribution in [3.63, 3.8) is 0 Å². The van der Waals surface area contributed by atoms with Crippen molar-refractivity contribution in [3.8, 4) is 0 Å². The highest BCUT2D eigenvalue weighted by molar-refractivity contribution is 5.66. The molecule has 0 spiro atoms. The first-order valence-electron chi connectivity index (χ1n) is 6.23.